The van der Waals surface area contributed by atoms with Gasteiger partial charge >= 0.3 is 0 Å². The van der Waals surface area contributed by atoms with Gasteiger partial charge in [0.1, 0.15) is 0 Å². The Bertz CT molecular complexity index is 789. The van der Waals surface area contributed by atoms with Crippen molar-refractivity contribution < 1.29 is 14.6 Å². The molecule has 2 unspecified atom stereocenters. The molecule has 4 heteroatoms. The number of phenolic OH excluding ortho intramolecular Hbond substituents is 1. The molecule has 1 heterocycles. The lowest BCUT2D eigenvalue weighted by Gasteiger charge is -2.30. The van der Waals surface area contributed by atoms with E-state index in [0.29, 0.717) is 18.2 Å². The minimum Gasteiger partial charge on any atom is -0.504 e. The molecule has 2 aliphatic rings. The minimum absolute atomic E-state index is 0.0183. The second-order valence-electron chi connectivity index (χ2n) is 7.38. The molecule has 136 valence electrons. The van der Waals surface area contributed by atoms with Gasteiger partial charge in [-0.1, -0.05) is 49.2 Å². The van der Waals surface area contributed by atoms with Crippen LogP contribution in [-0.2, 0) is 11.3 Å². The van der Waals surface area contributed by atoms with E-state index in [4.69, 9.17) is 4.74 Å². The van der Waals surface area contributed by atoms with Gasteiger partial charge in [-0.15, -0.1) is 0 Å². The van der Waals surface area contributed by atoms with Crippen LogP contribution in [0, 0.1) is 11.8 Å². The van der Waals surface area contributed by atoms with Crippen molar-refractivity contribution in [3.05, 3.63) is 59.7 Å². The molecule has 0 spiro atoms. The van der Waals surface area contributed by atoms with E-state index >= 15 is 0 Å². The molecule has 2 aromatic rings. The first-order valence-corrected chi connectivity index (χ1v) is 9.40. The predicted octanol–water partition coefficient (Wildman–Crippen LogP) is 4.29. The van der Waals surface area contributed by atoms with E-state index in [-0.39, 0.29) is 23.6 Å². The number of amides is 1. The summed E-state index contributed by atoms with van der Waals surface area (Å²) in [6.45, 7) is 0.615. The molecule has 1 saturated carbocycles. The molecular weight excluding hydrogens is 326 g/mol. The van der Waals surface area contributed by atoms with Crippen LogP contribution < -0.4 is 4.74 Å². The minimum atomic E-state index is 0.0183. The van der Waals surface area contributed by atoms with E-state index in [0.717, 1.165) is 30.4 Å². The summed E-state index contributed by atoms with van der Waals surface area (Å²) < 4.78 is 5.18. The van der Waals surface area contributed by atoms with E-state index in [9.17, 15) is 9.90 Å². The van der Waals surface area contributed by atoms with Crippen molar-refractivity contribution >= 4 is 5.91 Å². The lowest BCUT2D eigenvalue weighted by Crippen LogP contribution is -2.29. The van der Waals surface area contributed by atoms with E-state index in [1.165, 1.54) is 6.42 Å². The molecule has 0 bridgehead atoms. The number of rotatable bonds is 4. The van der Waals surface area contributed by atoms with Gasteiger partial charge in [-0.05, 0) is 42.0 Å². The summed E-state index contributed by atoms with van der Waals surface area (Å²) in [7, 11) is 1.55. The second-order valence-corrected chi connectivity index (χ2v) is 7.38. The van der Waals surface area contributed by atoms with Gasteiger partial charge in [-0.3, -0.25) is 4.79 Å². The Hall–Kier alpha value is -2.49. The Balaban J connectivity index is 1.71. The van der Waals surface area contributed by atoms with Crippen LogP contribution in [0.15, 0.2) is 48.5 Å². The number of carbonyl (C=O) groups is 1. The van der Waals surface area contributed by atoms with Crippen molar-refractivity contribution in [3.8, 4) is 11.5 Å². The Morgan fingerprint density at radius 1 is 1.12 bits per heavy atom. The molecule has 2 aromatic carbocycles. The third kappa shape index (κ3) is 2.94. The summed E-state index contributed by atoms with van der Waals surface area (Å²) in [6, 6.07) is 15.7. The first kappa shape index (κ1) is 17.0. The van der Waals surface area contributed by atoms with Crippen LogP contribution in [0.5, 0.6) is 11.5 Å². The molecule has 4 rings (SSSR count). The summed E-state index contributed by atoms with van der Waals surface area (Å²) in [5, 5.41) is 10.3. The molecule has 1 aliphatic carbocycles. The third-order valence-electron chi connectivity index (χ3n) is 5.90. The number of aromatic hydroxyl groups is 1. The zero-order valence-electron chi connectivity index (χ0n) is 15.1. The number of nitrogens with zero attached hydrogens (tertiary/aromatic N) is 1. The molecule has 3 atom stereocenters. The van der Waals surface area contributed by atoms with Crippen LogP contribution in [0.3, 0.4) is 0 Å². The average molecular weight is 351 g/mol. The number of phenols is 1. The van der Waals surface area contributed by atoms with Gasteiger partial charge in [-0.2, -0.15) is 0 Å². The maximum atomic E-state index is 13.2. The highest BCUT2D eigenvalue weighted by Crippen LogP contribution is 2.50. The largest absolute Gasteiger partial charge is 0.504 e. The maximum Gasteiger partial charge on any atom is 0.226 e. The number of ether oxygens (including phenoxy) is 1. The molecule has 0 radical (unpaired) electrons. The highest BCUT2D eigenvalue weighted by atomic mass is 16.5. The molecule has 1 N–H and O–H groups in total. The highest BCUT2D eigenvalue weighted by Gasteiger charge is 2.49. The Labute approximate surface area is 154 Å². The molecule has 26 heavy (non-hydrogen) atoms. The van der Waals surface area contributed by atoms with Gasteiger partial charge in [0.15, 0.2) is 11.5 Å². The van der Waals surface area contributed by atoms with Crippen molar-refractivity contribution in [2.75, 3.05) is 7.11 Å². The summed E-state index contributed by atoms with van der Waals surface area (Å²) in [5.41, 5.74) is 2.14. The number of carbonyl (C=O) groups excluding carboxylic acids is 1. The van der Waals surface area contributed by atoms with Crippen LogP contribution in [-0.4, -0.2) is 23.0 Å². The van der Waals surface area contributed by atoms with E-state index in [1.54, 1.807) is 19.2 Å². The maximum absolute atomic E-state index is 13.2. The second kappa shape index (κ2) is 7.02. The van der Waals surface area contributed by atoms with Crippen molar-refractivity contribution in [2.45, 2.75) is 38.3 Å². The molecule has 1 aliphatic heterocycles. The SMILES string of the molecule is COc1ccc([C@H]2C3CCCCC3C(=O)N2Cc2ccccc2)cc1O. The fourth-order valence-corrected chi connectivity index (χ4v) is 4.70. The van der Waals surface area contributed by atoms with Gasteiger partial charge in [0.2, 0.25) is 5.91 Å². The van der Waals surface area contributed by atoms with Crippen molar-refractivity contribution in [1.82, 2.24) is 4.90 Å². The van der Waals surface area contributed by atoms with Crippen LogP contribution in [0.2, 0.25) is 0 Å². The highest BCUT2D eigenvalue weighted by molar-refractivity contribution is 5.82. The van der Waals surface area contributed by atoms with Gasteiger partial charge < -0.3 is 14.7 Å². The fraction of sp³-hybridized carbons (Fsp3) is 0.409. The van der Waals surface area contributed by atoms with Gasteiger partial charge in [0.25, 0.3) is 0 Å². The molecule has 0 aromatic heterocycles. The topological polar surface area (TPSA) is 49.8 Å². The molecule has 1 saturated heterocycles. The van der Waals surface area contributed by atoms with Crippen LogP contribution in [0.25, 0.3) is 0 Å². The van der Waals surface area contributed by atoms with Crippen LogP contribution in [0.4, 0.5) is 0 Å². The van der Waals surface area contributed by atoms with E-state index < -0.39 is 0 Å². The number of hydrogen-bond donors (Lipinski definition) is 1. The summed E-state index contributed by atoms with van der Waals surface area (Å²) in [4.78, 5) is 15.2. The predicted molar refractivity (Wildman–Crippen MR) is 99.8 cm³/mol. The molecule has 2 fully saturated rings. The van der Waals surface area contributed by atoms with Crippen molar-refractivity contribution in [1.29, 1.82) is 0 Å². The van der Waals surface area contributed by atoms with E-state index in [2.05, 4.69) is 12.1 Å². The lowest BCUT2D eigenvalue weighted by atomic mass is 9.76. The van der Waals surface area contributed by atoms with Crippen LogP contribution in [0.1, 0.15) is 42.9 Å². The Kier molecular flexibility index (Phi) is 4.58. The number of fused-ring (bicyclic) bond motifs is 1. The normalized spacial score (nSPS) is 25.2. The number of methoxy groups -OCH3 is 1. The number of benzene rings is 2. The first-order valence-electron chi connectivity index (χ1n) is 9.40. The van der Waals surface area contributed by atoms with Crippen molar-refractivity contribution in [3.63, 3.8) is 0 Å². The first-order chi connectivity index (χ1) is 12.7. The zero-order chi connectivity index (χ0) is 18.1. The summed E-state index contributed by atoms with van der Waals surface area (Å²) in [5.74, 6) is 1.30. The number of likely N-dealkylation sites (tertiary alicyclic amines) is 1. The van der Waals surface area contributed by atoms with Gasteiger partial charge in [0, 0.05) is 12.5 Å². The van der Waals surface area contributed by atoms with E-state index in [1.807, 2.05) is 29.2 Å². The van der Waals surface area contributed by atoms with Crippen LogP contribution >= 0.6 is 0 Å². The monoisotopic (exact) mass is 351 g/mol. The van der Waals surface area contributed by atoms with Gasteiger partial charge in [0.05, 0.1) is 13.2 Å². The summed E-state index contributed by atoms with van der Waals surface area (Å²) in [6.07, 6.45) is 4.35. The summed E-state index contributed by atoms with van der Waals surface area (Å²) >= 11 is 0. The average Bonchev–Trinajstić information content (AvgIpc) is 2.95. The molecular formula is C22H25NO3. The lowest BCUT2D eigenvalue weighted by molar-refractivity contribution is -0.133. The third-order valence-corrected chi connectivity index (χ3v) is 5.90. The van der Waals surface area contributed by atoms with Gasteiger partial charge in [-0.25, -0.2) is 0 Å². The standard InChI is InChI=1S/C22H25NO3/c1-26-20-12-11-16(13-19(20)24)21-17-9-5-6-10-18(17)22(25)23(21)14-15-7-3-2-4-8-15/h2-4,7-8,11-13,17-18,21,24H,5-6,9-10,14H2,1H3/t17?,18?,21-/m0/s1. The number of hydrogen-bond acceptors (Lipinski definition) is 3. The molecule has 1 amide bonds. The fourth-order valence-electron chi connectivity index (χ4n) is 4.70. The molecule has 4 nitrogen and oxygen atoms in total. The zero-order valence-corrected chi connectivity index (χ0v) is 15.1. The Morgan fingerprint density at radius 3 is 2.62 bits per heavy atom. The quantitative estimate of drug-likeness (QED) is 0.894. The Morgan fingerprint density at radius 2 is 1.88 bits per heavy atom. The smallest absolute Gasteiger partial charge is 0.226 e. The van der Waals surface area contributed by atoms with Crippen molar-refractivity contribution in [2.24, 2.45) is 11.8 Å².